The maximum atomic E-state index is 14.3. The molecule has 0 radical (unpaired) electrons. The standard InChI is InChI=1S/C38H49ClN4O10S2/c1-21-11-10-12-27(50-8)37(48)19-26(51-34(47)41-37)22(2)38-32(43(6)29(44)13-14-35(3,20-40)55-54-9)33(46)52-28(36(38,4)53-38)18-30(45)42(5)24-16-23(15-21)17-25(49-7)31(24)39/h10-12,16-17,22,26-28,32,48H,13-15,18-19H2,1-9H3,(H,41,47)/b12-10+,21-11+/t22-,26+,27-,28+,32+,35?,36+,37+,38-/m1/s1. The average Bonchev–Trinajstić information content (AvgIpc) is 3.78. The number of amides is 3. The Morgan fingerprint density at radius 2 is 1.98 bits per heavy atom. The van der Waals surface area contributed by atoms with Crippen LogP contribution >= 0.6 is 33.2 Å². The second-order valence-electron chi connectivity index (χ2n) is 14.9. The van der Waals surface area contributed by atoms with E-state index in [9.17, 15) is 29.5 Å². The van der Waals surface area contributed by atoms with Gasteiger partial charge in [0.15, 0.2) is 11.8 Å². The number of nitrogens with zero attached hydrogens (tertiary/aromatic N) is 3. The number of fused-ring (bicyclic) bond motifs is 4. The van der Waals surface area contributed by atoms with Crippen LogP contribution in [-0.4, -0.2) is 114 Å². The van der Waals surface area contributed by atoms with Crippen molar-refractivity contribution in [1.82, 2.24) is 10.2 Å². The number of ether oxygens (including phenoxy) is 5. The highest BCUT2D eigenvalue weighted by molar-refractivity contribution is 8.77. The predicted octanol–water partition coefficient (Wildman–Crippen LogP) is 4.95. The molecule has 3 amide bonds. The molecule has 4 aliphatic rings. The summed E-state index contributed by atoms with van der Waals surface area (Å²) in [7, 11) is 8.67. The third-order valence-corrected chi connectivity index (χ3v) is 14.1. The van der Waals surface area contributed by atoms with Gasteiger partial charge in [-0.3, -0.25) is 14.9 Å². The van der Waals surface area contributed by atoms with Crippen molar-refractivity contribution in [3.63, 3.8) is 0 Å². The van der Waals surface area contributed by atoms with Gasteiger partial charge in [-0.1, -0.05) is 63.9 Å². The van der Waals surface area contributed by atoms with Crippen LogP contribution in [-0.2, 0) is 39.8 Å². The van der Waals surface area contributed by atoms with E-state index < -0.39 is 75.8 Å². The molecule has 2 N–H and O–H groups in total. The predicted molar refractivity (Wildman–Crippen MR) is 209 cm³/mol. The summed E-state index contributed by atoms with van der Waals surface area (Å²) in [5.41, 5.74) is -2.77. The van der Waals surface area contributed by atoms with E-state index >= 15 is 0 Å². The molecule has 17 heteroatoms. The van der Waals surface area contributed by atoms with Crippen molar-refractivity contribution in [1.29, 1.82) is 5.26 Å². The van der Waals surface area contributed by atoms with Crippen LogP contribution in [0.15, 0.2) is 35.9 Å². The van der Waals surface area contributed by atoms with E-state index in [-0.39, 0.29) is 30.7 Å². The van der Waals surface area contributed by atoms with Gasteiger partial charge in [-0.25, -0.2) is 9.59 Å². The Bertz CT molecular complexity index is 1820. The third kappa shape index (κ3) is 7.93. The van der Waals surface area contributed by atoms with E-state index in [1.54, 1.807) is 52.1 Å². The first-order chi connectivity index (χ1) is 25.8. The normalized spacial score (nSPS) is 34.7. The van der Waals surface area contributed by atoms with E-state index in [1.165, 1.54) is 52.7 Å². The summed E-state index contributed by atoms with van der Waals surface area (Å²) in [6.45, 7) is 7.08. The van der Waals surface area contributed by atoms with Crippen molar-refractivity contribution in [3.8, 4) is 11.8 Å². The highest BCUT2D eigenvalue weighted by Gasteiger charge is 2.83. The molecule has 0 saturated carbocycles. The first kappa shape index (κ1) is 42.7. The van der Waals surface area contributed by atoms with E-state index in [2.05, 4.69) is 11.4 Å². The number of nitrogens with one attached hydrogen (secondary N) is 1. The summed E-state index contributed by atoms with van der Waals surface area (Å²) in [4.78, 5) is 58.1. The largest absolute Gasteiger partial charge is 0.495 e. The number of methoxy groups -OCH3 is 2. The maximum Gasteiger partial charge on any atom is 0.409 e. The second kappa shape index (κ2) is 16.2. The van der Waals surface area contributed by atoms with Crippen LogP contribution in [0.4, 0.5) is 10.5 Å². The number of epoxide rings is 1. The van der Waals surface area contributed by atoms with Gasteiger partial charge in [-0.15, -0.1) is 0 Å². The lowest BCUT2D eigenvalue weighted by molar-refractivity contribution is -0.174. The summed E-state index contributed by atoms with van der Waals surface area (Å²) in [5.74, 6) is -2.19. The van der Waals surface area contributed by atoms with Crippen LogP contribution in [0.1, 0.15) is 58.9 Å². The summed E-state index contributed by atoms with van der Waals surface area (Å²) in [5, 5.41) is 24.5. The summed E-state index contributed by atoms with van der Waals surface area (Å²) >= 11 is 6.75. The number of likely N-dealkylation sites (N-methyl/N-ethyl adjacent to an activating group) is 1. The topological polar surface area (TPSA) is 180 Å². The average molecular weight is 821 g/mol. The monoisotopic (exact) mass is 820 g/mol. The van der Waals surface area contributed by atoms with Crippen LogP contribution in [0.3, 0.4) is 0 Å². The first-order valence-corrected chi connectivity index (χ1v) is 20.8. The number of rotatable bonds is 8. The number of esters is 1. The summed E-state index contributed by atoms with van der Waals surface area (Å²) in [6.07, 6.45) is 2.96. The minimum absolute atomic E-state index is 0.0626. The summed E-state index contributed by atoms with van der Waals surface area (Å²) in [6, 6.07) is 4.49. The molecule has 0 aromatic heterocycles. The van der Waals surface area contributed by atoms with Crippen LogP contribution in [0, 0.1) is 17.2 Å². The number of hydrogen-bond acceptors (Lipinski definition) is 13. The Kier molecular flexibility index (Phi) is 12.6. The molecule has 1 aromatic carbocycles. The fourth-order valence-electron chi connectivity index (χ4n) is 8.09. The number of halogens is 1. The van der Waals surface area contributed by atoms with Crippen molar-refractivity contribution >= 4 is 62.8 Å². The molecule has 1 aromatic rings. The molecule has 55 heavy (non-hydrogen) atoms. The number of carbonyl (C=O) groups excluding carboxylic acids is 4. The molecule has 0 aliphatic carbocycles. The molecule has 300 valence electrons. The Labute approximate surface area is 334 Å². The molecule has 5 rings (SSSR count). The fraction of sp³-hybridized carbons (Fsp3) is 0.605. The number of nitriles is 1. The maximum absolute atomic E-state index is 14.3. The van der Waals surface area contributed by atoms with Gasteiger partial charge in [0.05, 0.1) is 25.3 Å². The zero-order chi connectivity index (χ0) is 40.7. The molecular weight excluding hydrogens is 772 g/mol. The van der Waals surface area contributed by atoms with Crippen LogP contribution in [0.5, 0.6) is 5.75 Å². The number of aliphatic hydroxyl groups is 1. The number of carbonyl (C=O) groups is 4. The lowest BCUT2D eigenvalue weighted by atomic mass is 9.69. The Morgan fingerprint density at radius 1 is 1.27 bits per heavy atom. The third-order valence-electron chi connectivity index (χ3n) is 11.3. The van der Waals surface area contributed by atoms with Crippen LogP contribution in [0.25, 0.3) is 0 Å². The van der Waals surface area contributed by atoms with Crippen molar-refractivity contribution in [3.05, 3.63) is 46.5 Å². The minimum atomic E-state index is -1.95. The van der Waals surface area contributed by atoms with Crippen molar-refractivity contribution in [2.45, 2.75) is 106 Å². The van der Waals surface area contributed by atoms with E-state index in [1.807, 2.05) is 19.3 Å². The molecule has 6 bridgehead atoms. The SMILES string of the molecule is COc1cc2cc(c1Cl)N(C)C(=O)C[C@@H]1OC(=O)[C@H](N(C)C(=O)CCC(C)(C#N)SSC)[C@]3(O[C@@]13C)[C@H](C)[C@@H]1C[C@@](O)(NC(=O)O1)[C@H](OC)/C=C/C=C(\C)C2. The van der Waals surface area contributed by atoms with Gasteiger partial charge in [0.25, 0.3) is 0 Å². The highest BCUT2D eigenvalue weighted by Crippen LogP contribution is 2.63. The lowest BCUT2D eigenvalue weighted by Crippen LogP contribution is -2.68. The molecule has 14 nitrogen and oxygen atoms in total. The van der Waals surface area contributed by atoms with Gasteiger partial charge >= 0.3 is 12.1 Å². The number of alkyl carbamates (subject to hydrolysis) is 1. The van der Waals surface area contributed by atoms with E-state index in [0.29, 0.717) is 17.9 Å². The van der Waals surface area contributed by atoms with Gasteiger partial charge in [0.2, 0.25) is 11.8 Å². The van der Waals surface area contributed by atoms with Gasteiger partial charge in [0, 0.05) is 40.0 Å². The second-order valence-corrected chi connectivity index (χ2v) is 18.2. The molecular formula is C38H49ClN4O10S2. The first-order valence-electron chi connectivity index (χ1n) is 17.8. The number of hydrogen-bond donors (Lipinski definition) is 2. The quantitative estimate of drug-likeness (QED) is 0.205. The Balaban J connectivity index is 1.61. The number of allylic oxidation sites excluding steroid dienone is 3. The van der Waals surface area contributed by atoms with Crippen molar-refractivity contribution in [2.24, 2.45) is 5.92 Å². The Morgan fingerprint density at radius 3 is 2.62 bits per heavy atom. The zero-order valence-corrected chi connectivity index (χ0v) is 34.9. The van der Waals surface area contributed by atoms with Gasteiger partial charge in [-0.2, -0.15) is 5.26 Å². The smallest absolute Gasteiger partial charge is 0.409 e. The van der Waals surface area contributed by atoms with Gasteiger partial charge in [-0.05, 0) is 57.6 Å². The van der Waals surface area contributed by atoms with Gasteiger partial charge < -0.3 is 38.6 Å². The molecule has 3 saturated heterocycles. The highest BCUT2D eigenvalue weighted by atomic mass is 35.5. The van der Waals surface area contributed by atoms with Gasteiger partial charge in [0.1, 0.15) is 45.0 Å². The molecule has 0 spiro atoms. The van der Waals surface area contributed by atoms with Crippen LogP contribution < -0.4 is 15.0 Å². The number of anilines is 1. The summed E-state index contributed by atoms with van der Waals surface area (Å²) < 4.78 is 28.8. The fourth-order valence-corrected chi connectivity index (χ4v) is 10.5. The van der Waals surface area contributed by atoms with Crippen molar-refractivity contribution < 1.29 is 48.0 Å². The van der Waals surface area contributed by atoms with Crippen molar-refractivity contribution in [2.75, 3.05) is 39.5 Å². The van der Waals surface area contributed by atoms with E-state index in [0.717, 1.165) is 11.1 Å². The minimum Gasteiger partial charge on any atom is -0.495 e. The molecule has 1 unspecified atom stereocenters. The van der Waals surface area contributed by atoms with Crippen LogP contribution in [0.2, 0.25) is 5.02 Å². The molecule has 4 aliphatic heterocycles. The number of benzene rings is 1. The van der Waals surface area contributed by atoms with E-state index in [4.69, 9.17) is 35.3 Å². The lowest BCUT2D eigenvalue weighted by Gasteiger charge is -2.46. The molecule has 3 fully saturated rings. The molecule has 4 heterocycles. The molecule has 9 atom stereocenters. The Hall–Kier alpha value is -3.46. The zero-order valence-electron chi connectivity index (χ0n) is 32.5.